The molecule has 0 unspecified atom stereocenters. The zero-order valence-corrected chi connectivity index (χ0v) is 9.06. The first kappa shape index (κ1) is 9.14. The van der Waals surface area contributed by atoms with Crippen LogP contribution in [-0.2, 0) is 7.05 Å². The first-order valence-corrected chi connectivity index (χ1v) is 4.76. The van der Waals surface area contributed by atoms with Gasteiger partial charge in [-0.2, -0.15) is 0 Å². The summed E-state index contributed by atoms with van der Waals surface area (Å²) in [6.07, 6.45) is 0. The number of rotatable bonds is 1. The zero-order chi connectivity index (χ0) is 10.1. The van der Waals surface area contributed by atoms with Crippen LogP contribution in [0.5, 0.6) is 0 Å². The van der Waals surface area contributed by atoms with Crippen molar-refractivity contribution in [2.24, 2.45) is 7.05 Å². The van der Waals surface area contributed by atoms with E-state index in [2.05, 4.69) is 31.2 Å². The Morgan fingerprint density at radius 3 is 2.79 bits per heavy atom. The van der Waals surface area contributed by atoms with Gasteiger partial charge in [-0.05, 0) is 28.1 Å². The molecule has 2 rings (SSSR count). The summed E-state index contributed by atoms with van der Waals surface area (Å²) in [6, 6.07) is 5.44. The molecule has 0 aliphatic carbocycles. The lowest BCUT2D eigenvalue weighted by Gasteiger charge is -2.01. The van der Waals surface area contributed by atoms with Gasteiger partial charge in [0.05, 0.1) is 5.69 Å². The van der Waals surface area contributed by atoms with Crippen molar-refractivity contribution in [3.8, 4) is 11.4 Å². The summed E-state index contributed by atoms with van der Waals surface area (Å²) in [5.41, 5.74) is 7.16. The lowest BCUT2D eigenvalue weighted by Crippen LogP contribution is -1.97. The Morgan fingerprint density at radius 1 is 1.43 bits per heavy atom. The van der Waals surface area contributed by atoms with Crippen LogP contribution in [0.25, 0.3) is 11.4 Å². The van der Waals surface area contributed by atoms with E-state index in [0.717, 1.165) is 11.4 Å². The molecule has 5 nitrogen and oxygen atoms in total. The van der Waals surface area contributed by atoms with Gasteiger partial charge < -0.3 is 5.73 Å². The lowest BCUT2D eigenvalue weighted by molar-refractivity contribution is 0.718. The summed E-state index contributed by atoms with van der Waals surface area (Å²) >= 11 is 3.30. The van der Waals surface area contributed by atoms with E-state index < -0.39 is 0 Å². The fourth-order valence-electron chi connectivity index (χ4n) is 1.19. The second-order valence-corrected chi connectivity index (χ2v) is 3.55. The average Bonchev–Trinajstić information content (AvgIpc) is 2.46. The third kappa shape index (κ3) is 1.48. The number of hydrogen-bond donors (Lipinski definition) is 1. The maximum atomic E-state index is 5.59. The number of nitrogens with zero attached hydrogens (tertiary/aromatic N) is 4. The van der Waals surface area contributed by atoms with Crippen LogP contribution in [0.1, 0.15) is 0 Å². The number of halogens is 1. The number of hydrogen-bond acceptors (Lipinski definition) is 4. The van der Waals surface area contributed by atoms with Gasteiger partial charge in [0.2, 0.25) is 0 Å². The fourth-order valence-corrected chi connectivity index (χ4v) is 1.72. The molecule has 0 aromatic carbocycles. The topological polar surface area (TPSA) is 69.6 Å². The molecular weight excluding hydrogens is 246 g/mol. The van der Waals surface area contributed by atoms with Gasteiger partial charge in [-0.15, -0.1) is 5.10 Å². The number of nitrogen functional groups attached to an aromatic ring is 1. The normalized spacial score (nSPS) is 10.4. The number of aryl methyl sites for hydroxylation is 1. The van der Waals surface area contributed by atoms with Gasteiger partial charge >= 0.3 is 0 Å². The van der Waals surface area contributed by atoms with Crippen LogP contribution >= 0.6 is 15.9 Å². The number of aromatic nitrogens is 4. The molecule has 0 bridgehead atoms. The van der Waals surface area contributed by atoms with E-state index in [4.69, 9.17) is 5.73 Å². The van der Waals surface area contributed by atoms with Crippen LogP contribution in [0, 0.1) is 0 Å². The molecule has 72 valence electrons. The van der Waals surface area contributed by atoms with E-state index in [1.54, 1.807) is 17.8 Å². The van der Waals surface area contributed by atoms with E-state index in [1.165, 1.54) is 0 Å². The van der Waals surface area contributed by atoms with Crippen molar-refractivity contribution in [2.75, 3.05) is 5.73 Å². The summed E-state index contributed by atoms with van der Waals surface area (Å²) in [6.45, 7) is 0. The molecule has 0 radical (unpaired) electrons. The molecule has 0 saturated carbocycles. The Labute approximate surface area is 89.1 Å². The molecule has 0 saturated heterocycles. The summed E-state index contributed by atoms with van der Waals surface area (Å²) in [5, 5.41) is 7.73. The molecule has 0 aliphatic heterocycles. The van der Waals surface area contributed by atoms with Gasteiger partial charge in [0.1, 0.15) is 11.5 Å². The smallest absolute Gasteiger partial charge is 0.157 e. The maximum absolute atomic E-state index is 5.59. The van der Waals surface area contributed by atoms with Crippen molar-refractivity contribution in [1.29, 1.82) is 0 Å². The Balaban J connectivity index is 2.59. The average molecular weight is 254 g/mol. The summed E-state index contributed by atoms with van der Waals surface area (Å²) < 4.78 is 2.31. The van der Waals surface area contributed by atoms with Crippen LogP contribution in [0.3, 0.4) is 0 Å². The first-order chi connectivity index (χ1) is 6.68. The van der Waals surface area contributed by atoms with Gasteiger partial charge in [0.25, 0.3) is 0 Å². The molecule has 0 aliphatic rings. The minimum absolute atomic E-state index is 0.482. The van der Waals surface area contributed by atoms with Crippen molar-refractivity contribution < 1.29 is 0 Å². The molecule has 0 atom stereocenters. The van der Waals surface area contributed by atoms with Gasteiger partial charge in [0.15, 0.2) is 4.60 Å². The van der Waals surface area contributed by atoms with Gasteiger partial charge in [-0.1, -0.05) is 11.3 Å². The Bertz CT molecular complexity index is 445. The number of anilines is 1. The third-order valence-corrected chi connectivity index (χ3v) is 2.33. The van der Waals surface area contributed by atoms with E-state index in [9.17, 15) is 0 Å². The van der Waals surface area contributed by atoms with Crippen LogP contribution in [0.4, 0.5) is 5.82 Å². The van der Waals surface area contributed by atoms with Gasteiger partial charge in [-0.25, -0.2) is 9.67 Å². The molecule has 2 N–H and O–H groups in total. The maximum Gasteiger partial charge on any atom is 0.157 e. The first-order valence-electron chi connectivity index (χ1n) is 3.96. The second kappa shape index (κ2) is 3.38. The summed E-state index contributed by atoms with van der Waals surface area (Å²) in [7, 11) is 1.80. The SMILES string of the molecule is Cn1nnc(Br)c1-c1cccc(N)n1. The number of pyridine rings is 1. The van der Waals surface area contributed by atoms with Crippen molar-refractivity contribution in [3.63, 3.8) is 0 Å². The zero-order valence-electron chi connectivity index (χ0n) is 7.48. The van der Waals surface area contributed by atoms with Gasteiger partial charge in [-0.3, -0.25) is 0 Å². The highest BCUT2D eigenvalue weighted by atomic mass is 79.9. The fraction of sp³-hybridized carbons (Fsp3) is 0.125. The quantitative estimate of drug-likeness (QED) is 0.830. The molecule has 14 heavy (non-hydrogen) atoms. The highest BCUT2D eigenvalue weighted by Crippen LogP contribution is 2.23. The Kier molecular flexibility index (Phi) is 2.20. The molecule has 0 amide bonds. The van der Waals surface area contributed by atoms with E-state index in [1.807, 2.05) is 12.1 Å². The lowest BCUT2D eigenvalue weighted by atomic mass is 10.3. The molecule has 2 aromatic heterocycles. The van der Waals surface area contributed by atoms with Gasteiger partial charge in [0, 0.05) is 7.05 Å². The largest absolute Gasteiger partial charge is 0.384 e. The van der Waals surface area contributed by atoms with Crippen LogP contribution in [0.2, 0.25) is 0 Å². The molecule has 0 fully saturated rings. The standard InChI is InChI=1S/C8H8BrN5/c1-14-7(8(9)12-13-14)5-3-2-4-6(10)11-5/h2-4H,1H3,(H2,10,11). The second-order valence-electron chi connectivity index (χ2n) is 2.80. The molecule has 2 aromatic rings. The van der Waals surface area contributed by atoms with Crippen molar-refractivity contribution >= 4 is 21.7 Å². The van der Waals surface area contributed by atoms with Crippen molar-refractivity contribution in [3.05, 3.63) is 22.8 Å². The van der Waals surface area contributed by atoms with Crippen LogP contribution in [-0.4, -0.2) is 20.0 Å². The highest BCUT2D eigenvalue weighted by molar-refractivity contribution is 9.10. The Morgan fingerprint density at radius 2 is 2.21 bits per heavy atom. The molecule has 2 heterocycles. The minimum Gasteiger partial charge on any atom is -0.384 e. The highest BCUT2D eigenvalue weighted by Gasteiger charge is 2.11. The summed E-state index contributed by atoms with van der Waals surface area (Å²) in [4.78, 5) is 4.18. The van der Waals surface area contributed by atoms with E-state index >= 15 is 0 Å². The predicted molar refractivity (Wildman–Crippen MR) is 56.3 cm³/mol. The molecular formula is C8H8BrN5. The monoisotopic (exact) mass is 253 g/mol. The van der Waals surface area contributed by atoms with Crippen LogP contribution < -0.4 is 5.73 Å². The third-order valence-electron chi connectivity index (χ3n) is 1.80. The minimum atomic E-state index is 0.482. The summed E-state index contributed by atoms with van der Waals surface area (Å²) in [5.74, 6) is 0.482. The number of nitrogens with two attached hydrogens (primary N) is 1. The predicted octanol–water partition coefficient (Wildman–Crippen LogP) is 1.22. The Hall–Kier alpha value is -1.43. The van der Waals surface area contributed by atoms with Crippen molar-refractivity contribution in [2.45, 2.75) is 0 Å². The van der Waals surface area contributed by atoms with E-state index in [0.29, 0.717) is 10.4 Å². The molecule has 6 heteroatoms. The molecule has 0 spiro atoms. The van der Waals surface area contributed by atoms with Crippen molar-refractivity contribution in [1.82, 2.24) is 20.0 Å². The van der Waals surface area contributed by atoms with Crippen LogP contribution in [0.15, 0.2) is 22.8 Å². The van der Waals surface area contributed by atoms with E-state index in [-0.39, 0.29) is 0 Å².